The van der Waals surface area contributed by atoms with Gasteiger partial charge in [-0.25, -0.2) is 0 Å². The van der Waals surface area contributed by atoms with Gasteiger partial charge in [0.1, 0.15) is 11.6 Å². The molecule has 0 radical (unpaired) electrons. The highest BCUT2D eigenvalue weighted by molar-refractivity contribution is 6.02. The van der Waals surface area contributed by atoms with E-state index in [-0.39, 0.29) is 24.3 Å². The molecule has 0 aliphatic carbocycles. The van der Waals surface area contributed by atoms with E-state index in [9.17, 15) is 19.5 Å². The van der Waals surface area contributed by atoms with Crippen molar-refractivity contribution in [3.8, 4) is 0 Å². The maximum atomic E-state index is 14.0. The molecule has 3 saturated heterocycles. The lowest BCUT2D eigenvalue weighted by Crippen LogP contribution is -2.57. The number of anilines is 1. The van der Waals surface area contributed by atoms with Crippen molar-refractivity contribution in [1.82, 2.24) is 10.2 Å². The van der Waals surface area contributed by atoms with E-state index in [1.807, 2.05) is 55.5 Å². The molecule has 36 heavy (non-hydrogen) atoms. The van der Waals surface area contributed by atoms with Crippen LogP contribution in [0.15, 0.2) is 60.7 Å². The highest BCUT2D eigenvalue weighted by Crippen LogP contribution is 2.64. The Balaban J connectivity index is 1.49. The van der Waals surface area contributed by atoms with Gasteiger partial charge in [-0.2, -0.15) is 0 Å². The summed E-state index contributed by atoms with van der Waals surface area (Å²) in [6.45, 7) is 3.69. The van der Waals surface area contributed by atoms with E-state index < -0.39 is 35.1 Å². The van der Waals surface area contributed by atoms with Gasteiger partial charge >= 0.3 is 0 Å². The number of hydrogen-bond acceptors (Lipinski definition) is 5. The third kappa shape index (κ3) is 3.71. The van der Waals surface area contributed by atoms with Gasteiger partial charge in [-0.3, -0.25) is 14.4 Å². The maximum Gasteiger partial charge on any atom is 0.246 e. The first-order valence-electron chi connectivity index (χ1n) is 12.7. The van der Waals surface area contributed by atoms with Gasteiger partial charge in [0.2, 0.25) is 17.7 Å². The van der Waals surface area contributed by atoms with Crippen LogP contribution in [0, 0.1) is 11.8 Å². The molecule has 6 atom stereocenters. The van der Waals surface area contributed by atoms with Crippen molar-refractivity contribution in [2.24, 2.45) is 11.8 Å². The first-order chi connectivity index (χ1) is 17.4. The number of amides is 3. The minimum Gasteiger partial charge on any atom is -0.394 e. The summed E-state index contributed by atoms with van der Waals surface area (Å²) < 4.78 is 6.71. The number of aliphatic hydroxyl groups excluding tert-OH is 1. The van der Waals surface area contributed by atoms with Crippen molar-refractivity contribution >= 4 is 23.4 Å². The van der Waals surface area contributed by atoms with Crippen molar-refractivity contribution in [2.75, 3.05) is 11.9 Å². The fraction of sp³-hybridized carbons (Fsp3) is 0.464. The van der Waals surface area contributed by atoms with Crippen molar-refractivity contribution in [1.29, 1.82) is 0 Å². The summed E-state index contributed by atoms with van der Waals surface area (Å²) >= 11 is 0. The van der Waals surface area contributed by atoms with Crippen LogP contribution in [0.1, 0.15) is 38.7 Å². The first kappa shape index (κ1) is 24.5. The van der Waals surface area contributed by atoms with Crippen LogP contribution in [0.2, 0.25) is 0 Å². The Labute approximate surface area is 211 Å². The zero-order valence-corrected chi connectivity index (χ0v) is 20.6. The number of ether oxygens (including phenoxy) is 1. The smallest absolute Gasteiger partial charge is 0.246 e. The Morgan fingerprint density at radius 2 is 1.75 bits per heavy atom. The van der Waals surface area contributed by atoms with E-state index >= 15 is 0 Å². The number of para-hydroxylation sites is 1. The number of benzene rings is 2. The van der Waals surface area contributed by atoms with Gasteiger partial charge in [0.25, 0.3) is 0 Å². The second kappa shape index (κ2) is 9.33. The molecule has 2 bridgehead atoms. The van der Waals surface area contributed by atoms with Crippen molar-refractivity contribution in [3.05, 3.63) is 66.2 Å². The zero-order chi connectivity index (χ0) is 25.5. The fourth-order valence-electron chi connectivity index (χ4n) is 6.54. The van der Waals surface area contributed by atoms with E-state index in [2.05, 4.69) is 10.6 Å². The van der Waals surface area contributed by atoms with Gasteiger partial charge in [-0.15, -0.1) is 0 Å². The predicted molar refractivity (Wildman–Crippen MR) is 134 cm³/mol. The third-order valence-corrected chi connectivity index (χ3v) is 8.24. The number of likely N-dealkylation sites (tertiary alicyclic amines) is 1. The lowest BCUT2D eigenvalue weighted by molar-refractivity contribution is -0.149. The highest BCUT2D eigenvalue weighted by atomic mass is 16.5. The lowest BCUT2D eigenvalue weighted by atomic mass is 9.65. The number of rotatable bonds is 8. The molecule has 8 nitrogen and oxygen atoms in total. The van der Waals surface area contributed by atoms with Crippen LogP contribution in [0.4, 0.5) is 5.69 Å². The molecule has 3 amide bonds. The molecular formula is C28H33N3O5. The van der Waals surface area contributed by atoms with Crippen molar-refractivity contribution in [2.45, 2.75) is 62.9 Å². The summed E-state index contributed by atoms with van der Waals surface area (Å²) in [4.78, 5) is 42.8. The van der Waals surface area contributed by atoms with Gasteiger partial charge in [-0.1, -0.05) is 55.5 Å². The van der Waals surface area contributed by atoms with Crippen LogP contribution >= 0.6 is 0 Å². The van der Waals surface area contributed by atoms with E-state index in [4.69, 9.17) is 4.74 Å². The summed E-state index contributed by atoms with van der Waals surface area (Å²) in [6, 6.07) is 17.2. The minimum absolute atomic E-state index is 0.273. The summed E-state index contributed by atoms with van der Waals surface area (Å²) in [6.07, 6.45) is 1.65. The van der Waals surface area contributed by atoms with Gasteiger partial charge < -0.3 is 25.4 Å². The van der Waals surface area contributed by atoms with Crippen molar-refractivity contribution < 1.29 is 24.2 Å². The Bertz CT molecular complexity index is 1140. The number of nitrogens with zero attached hydrogens (tertiary/aromatic N) is 1. The van der Waals surface area contributed by atoms with E-state index in [1.165, 1.54) is 4.90 Å². The Hall–Kier alpha value is -3.23. The summed E-state index contributed by atoms with van der Waals surface area (Å²) in [5, 5.41) is 15.9. The molecule has 3 N–H and O–H groups in total. The molecular weight excluding hydrogens is 458 g/mol. The first-order valence-corrected chi connectivity index (χ1v) is 12.7. The van der Waals surface area contributed by atoms with E-state index in [1.54, 1.807) is 19.1 Å². The predicted octanol–water partition coefficient (Wildman–Crippen LogP) is 2.48. The molecule has 5 rings (SSSR count). The van der Waals surface area contributed by atoms with Gasteiger partial charge in [0.15, 0.2) is 0 Å². The van der Waals surface area contributed by atoms with Gasteiger partial charge in [0.05, 0.1) is 30.1 Å². The quantitative estimate of drug-likeness (QED) is 0.526. The van der Waals surface area contributed by atoms with E-state index in [0.29, 0.717) is 31.5 Å². The molecule has 3 heterocycles. The second-order valence-corrected chi connectivity index (χ2v) is 10.2. The number of carbonyl (C=O) groups excluding carboxylic acids is 3. The number of fused-ring (bicyclic) bond motifs is 1. The number of carbonyl (C=O) groups is 3. The molecule has 8 heteroatoms. The Kier molecular flexibility index (Phi) is 6.34. The lowest BCUT2D eigenvalue weighted by Gasteiger charge is -2.36. The normalized spacial score (nSPS) is 31.2. The Morgan fingerprint density at radius 1 is 1.08 bits per heavy atom. The average Bonchev–Trinajstić information content (AvgIpc) is 3.51. The molecule has 2 unspecified atom stereocenters. The number of hydrogen-bond donors (Lipinski definition) is 3. The second-order valence-electron chi connectivity index (χ2n) is 10.2. The Morgan fingerprint density at radius 3 is 2.39 bits per heavy atom. The summed E-state index contributed by atoms with van der Waals surface area (Å²) in [7, 11) is 0. The number of nitrogens with one attached hydrogen (secondary N) is 2. The largest absolute Gasteiger partial charge is 0.394 e. The van der Waals surface area contributed by atoms with Crippen molar-refractivity contribution in [3.63, 3.8) is 0 Å². The molecule has 190 valence electrons. The van der Waals surface area contributed by atoms with Crippen LogP contribution < -0.4 is 10.6 Å². The minimum atomic E-state index is -1.12. The van der Waals surface area contributed by atoms with Crippen LogP contribution in [-0.4, -0.2) is 57.6 Å². The third-order valence-electron chi connectivity index (χ3n) is 8.24. The summed E-state index contributed by atoms with van der Waals surface area (Å²) in [5.74, 6) is -2.43. The van der Waals surface area contributed by atoms with Crippen LogP contribution in [0.25, 0.3) is 0 Å². The van der Waals surface area contributed by atoms with E-state index in [0.717, 1.165) is 5.56 Å². The van der Waals surface area contributed by atoms with Crippen LogP contribution in [0.3, 0.4) is 0 Å². The molecule has 2 aromatic carbocycles. The number of aliphatic hydroxyl groups is 1. The van der Waals surface area contributed by atoms with Gasteiger partial charge in [-0.05, 0) is 43.9 Å². The average molecular weight is 492 g/mol. The summed E-state index contributed by atoms with van der Waals surface area (Å²) in [5.41, 5.74) is -0.344. The van der Waals surface area contributed by atoms with Crippen LogP contribution in [-0.2, 0) is 25.7 Å². The maximum absolute atomic E-state index is 14.0. The molecule has 3 aliphatic rings. The fourth-order valence-corrected chi connectivity index (χ4v) is 6.54. The monoisotopic (exact) mass is 491 g/mol. The zero-order valence-electron chi connectivity index (χ0n) is 20.6. The van der Waals surface area contributed by atoms with Gasteiger partial charge in [0, 0.05) is 12.2 Å². The topological polar surface area (TPSA) is 108 Å². The molecule has 1 spiro atoms. The van der Waals surface area contributed by atoms with Crippen LogP contribution in [0.5, 0.6) is 0 Å². The highest BCUT2D eigenvalue weighted by Gasteiger charge is 2.78. The molecule has 2 aromatic rings. The molecule has 0 aromatic heterocycles. The SMILES string of the molecule is CC[C@@]12CCC3(O1)C(C(=O)NCc1ccccc1)N([C@H](C)CO)C(=O)[C@@H]3[C@@H]2C(=O)Nc1ccccc1. The molecule has 0 saturated carbocycles. The molecule has 3 aliphatic heterocycles. The molecule has 3 fully saturated rings. The standard InChI is InChI=1S/C28H33N3O5/c1-3-27-14-15-28(36-27)22(21(27)24(33)30-20-12-8-5-9-13-20)26(35)31(18(2)17-32)23(28)25(34)29-16-19-10-6-4-7-11-19/h4-13,18,21-23,32H,3,14-17H2,1-2H3,(H,29,34)(H,30,33)/t18-,21-,22+,23?,27+,28?/m1/s1.